The molecule has 1 aromatic carbocycles. The van der Waals surface area contributed by atoms with Gasteiger partial charge in [0.1, 0.15) is 5.75 Å². The minimum Gasteiger partial charge on any atom is -0.484 e. The van der Waals surface area contributed by atoms with E-state index in [9.17, 15) is 4.79 Å². The van der Waals surface area contributed by atoms with Gasteiger partial charge in [0.25, 0.3) is 5.91 Å². The van der Waals surface area contributed by atoms with Crippen LogP contribution < -0.4 is 4.74 Å². The molecule has 7 nitrogen and oxygen atoms in total. The van der Waals surface area contributed by atoms with E-state index in [1.807, 2.05) is 45.0 Å². The number of ether oxygens (including phenoxy) is 2. The third-order valence-corrected chi connectivity index (χ3v) is 4.09. The Morgan fingerprint density at radius 1 is 1.36 bits per heavy atom. The van der Waals surface area contributed by atoms with Crippen LogP contribution in [0.3, 0.4) is 0 Å². The Labute approximate surface area is 146 Å². The second-order valence-electron chi connectivity index (χ2n) is 6.39. The Morgan fingerprint density at radius 2 is 2.16 bits per heavy atom. The molecule has 0 bridgehead atoms. The molecule has 0 spiro atoms. The molecule has 7 heteroatoms. The Bertz CT molecular complexity index is 729. The van der Waals surface area contributed by atoms with Gasteiger partial charge in [-0.15, -0.1) is 10.2 Å². The van der Waals surface area contributed by atoms with Crippen LogP contribution in [0.5, 0.6) is 5.75 Å². The summed E-state index contributed by atoms with van der Waals surface area (Å²) in [6.07, 6.45) is -0.392. The SMILES string of the molecule is Cc1ccccc1OCC(=O)N1CCO[C@@H](c2nnc(C(C)C)o2)C1. The Balaban J connectivity index is 1.58. The standard InChI is InChI=1S/C18H23N3O4/c1-12(2)17-19-20-18(25-17)15-10-21(8-9-23-15)16(22)11-24-14-7-5-4-6-13(14)3/h4-7,12,15H,8-11H2,1-3H3/t15-/m1/s1. The second kappa shape index (κ2) is 7.65. The molecule has 1 aromatic heterocycles. The second-order valence-corrected chi connectivity index (χ2v) is 6.39. The molecule has 0 radical (unpaired) electrons. The van der Waals surface area contributed by atoms with Crippen LogP contribution in [0.15, 0.2) is 28.7 Å². The van der Waals surface area contributed by atoms with Gasteiger partial charge in [-0.25, -0.2) is 0 Å². The van der Waals surface area contributed by atoms with Gasteiger partial charge in [0.2, 0.25) is 11.8 Å². The number of aryl methyl sites for hydroxylation is 1. The van der Waals surface area contributed by atoms with Crippen molar-refractivity contribution in [3.8, 4) is 5.75 Å². The predicted molar refractivity (Wildman–Crippen MR) is 90.3 cm³/mol. The van der Waals surface area contributed by atoms with Gasteiger partial charge in [-0.3, -0.25) is 4.79 Å². The summed E-state index contributed by atoms with van der Waals surface area (Å²) >= 11 is 0. The summed E-state index contributed by atoms with van der Waals surface area (Å²) in [5.41, 5.74) is 1.00. The van der Waals surface area contributed by atoms with Crippen molar-refractivity contribution in [2.24, 2.45) is 0 Å². The number of benzene rings is 1. The topological polar surface area (TPSA) is 77.7 Å². The van der Waals surface area contributed by atoms with Gasteiger partial charge >= 0.3 is 0 Å². The first kappa shape index (κ1) is 17.4. The van der Waals surface area contributed by atoms with Gasteiger partial charge in [-0.2, -0.15) is 0 Å². The number of nitrogens with zero attached hydrogens (tertiary/aromatic N) is 3. The zero-order valence-corrected chi connectivity index (χ0v) is 14.8. The lowest BCUT2D eigenvalue weighted by Gasteiger charge is -2.31. The van der Waals surface area contributed by atoms with Crippen LogP contribution in [-0.2, 0) is 9.53 Å². The molecule has 2 aromatic rings. The lowest BCUT2D eigenvalue weighted by atomic mass is 10.2. The van der Waals surface area contributed by atoms with E-state index in [4.69, 9.17) is 13.9 Å². The normalized spacial score (nSPS) is 17.8. The number of aromatic nitrogens is 2. The average molecular weight is 345 g/mol. The highest BCUT2D eigenvalue weighted by molar-refractivity contribution is 5.78. The van der Waals surface area contributed by atoms with Crippen LogP contribution in [0.2, 0.25) is 0 Å². The molecule has 1 atom stereocenters. The first-order valence-electron chi connectivity index (χ1n) is 8.45. The van der Waals surface area contributed by atoms with E-state index in [2.05, 4.69) is 10.2 Å². The summed E-state index contributed by atoms with van der Waals surface area (Å²) in [7, 11) is 0. The van der Waals surface area contributed by atoms with Crippen molar-refractivity contribution in [1.29, 1.82) is 0 Å². The molecule has 1 saturated heterocycles. The van der Waals surface area contributed by atoms with Crippen molar-refractivity contribution in [1.82, 2.24) is 15.1 Å². The molecule has 3 rings (SSSR count). The third kappa shape index (κ3) is 4.17. The van der Waals surface area contributed by atoms with Crippen molar-refractivity contribution >= 4 is 5.91 Å². The molecule has 1 aliphatic heterocycles. The van der Waals surface area contributed by atoms with Crippen molar-refractivity contribution < 1.29 is 18.7 Å². The molecule has 1 aliphatic rings. The van der Waals surface area contributed by atoms with Crippen LogP contribution in [0.1, 0.15) is 43.2 Å². The molecule has 0 N–H and O–H groups in total. The van der Waals surface area contributed by atoms with Crippen LogP contribution >= 0.6 is 0 Å². The highest BCUT2D eigenvalue weighted by Gasteiger charge is 2.29. The molecule has 1 amide bonds. The van der Waals surface area contributed by atoms with Gasteiger partial charge in [0.15, 0.2) is 12.7 Å². The molecule has 134 valence electrons. The maximum absolute atomic E-state index is 12.5. The summed E-state index contributed by atoms with van der Waals surface area (Å²) in [6.45, 7) is 7.26. The highest BCUT2D eigenvalue weighted by Crippen LogP contribution is 2.23. The summed E-state index contributed by atoms with van der Waals surface area (Å²) in [6, 6.07) is 7.63. The van der Waals surface area contributed by atoms with Crippen LogP contribution in [0.25, 0.3) is 0 Å². The zero-order chi connectivity index (χ0) is 17.8. The van der Waals surface area contributed by atoms with E-state index in [0.717, 1.165) is 11.3 Å². The van der Waals surface area contributed by atoms with E-state index in [0.29, 0.717) is 31.5 Å². The fourth-order valence-corrected chi connectivity index (χ4v) is 2.58. The number of amides is 1. The number of carbonyl (C=O) groups is 1. The molecule has 25 heavy (non-hydrogen) atoms. The molecular weight excluding hydrogens is 322 g/mol. The summed E-state index contributed by atoms with van der Waals surface area (Å²) in [5.74, 6) is 1.79. The molecule has 0 unspecified atom stereocenters. The fourth-order valence-electron chi connectivity index (χ4n) is 2.58. The van der Waals surface area contributed by atoms with Crippen LogP contribution in [0, 0.1) is 6.92 Å². The Kier molecular flexibility index (Phi) is 5.33. The number of morpholine rings is 1. The predicted octanol–water partition coefficient (Wildman–Crippen LogP) is 2.48. The van der Waals surface area contributed by atoms with Crippen molar-refractivity contribution in [3.05, 3.63) is 41.6 Å². The maximum atomic E-state index is 12.5. The summed E-state index contributed by atoms with van der Waals surface area (Å²) in [4.78, 5) is 14.2. The van der Waals surface area contributed by atoms with Crippen molar-refractivity contribution in [2.45, 2.75) is 32.8 Å². The Hall–Kier alpha value is -2.41. The first-order valence-corrected chi connectivity index (χ1v) is 8.45. The molecule has 0 saturated carbocycles. The van der Waals surface area contributed by atoms with Gasteiger partial charge < -0.3 is 18.8 Å². The molecule has 0 aliphatic carbocycles. The van der Waals surface area contributed by atoms with Gasteiger partial charge in [0.05, 0.1) is 13.2 Å². The average Bonchev–Trinajstić information content (AvgIpc) is 3.11. The van der Waals surface area contributed by atoms with Gasteiger partial charge in [0, 0.05) is 12.5 Å². The monoisotopic (exact) mass is 345 g/mol. The molecule has 2 heterocycles. The lowest BCUT2D eigenvalue weighted by molar-refractivity contribution is -0.142. The number of rotatable bonds is 5. The van der Waals surface area contributed by atoms with E-state index < -0.39 is 6.10 Å². The summed E-state index contributed by atoms with van der Waals surface area (Å²) < 4.78 is 17.0. The molecule has 1 fully saturated rings. The first-order chi connectivity index (χ1) is 12.0. The largest absolute Gasteiger partial charge is 0.484 e. The summed E-state index contributed by atoms with van der Waals surface area (Å²) in [5, 5.41) is 8.07. The van der Waals surface area contributed by atoms with E-state index in [-0.39, 0.29) is 18.4 Å². The molecular formula is C18H23N3O4. The van der Waals surface area contributed by atoms with Crippen molar-refractivity contribution in [2.75, 3.05) is 26.3 Å². The van der Waals surface area contributed by atoms with Gasteiger partial charge in [-0.1, -0.05) is 32.0 Å². The van der Waals surface area contributed by atoms with Crippen LogP contribution in [-0.4, -0.2) is 47.3 Å². The van der Waals surface area contributed by atoms with E-state index in [1.54, 1.807) is 4.90 Å². The van der Waals surface area contributed by atoms with Gasteiger partial charge in [-0.05, 0) is 18.6 Å². The van der Waals surface area contributed by atoms with E-state index >= 15 is 0 Å². The number of hydrogen-bond acceptors (Lipinski definition) is 6. The lowest BCUT2D eigenvalue weighted by Crippen LogP contribution is -2.44. The minimum atomic E-state index is -0.392. The highest BCUT2D eigenvalue weighted by atomic mass is 16.5. The van der Waals surface area contributed by atoms with Crippen molar-refractivity contribution in [3.63, 3.8) is 0 Å². The van der Waals surface area contributed by atoms with E-state index in [1.165, 1.54) is 0 Å². The smallest absolute Gasteiger partial charge is 0.260 e. The minimum absolute atomic E-state index is 0.00134. The third-order valence-electron chi connectivity index (χ3n) is 4.09. The number of para-hydroxylation sites is 1. The van der Waals surface area contributed by atoms with Crippen LogP contribution in [0.4, 0.5) is 0 Å². The quantitative estimate of drug-likeness (QED) is 0.828. The zero-order valence-electron chi connectivity index (χ0n) is 14.8. The number of carbonyl (C=O) groups excluding carboxylic acids is 1. The maximum Gasteiger partial charge on any atom is 0.260 e. The number of hydrogen-bond donors (Lipinski definition) is 0. The Morgan fingerprint density at radius 3 is 2.88 bits per heavy atom. The fraction of sp³-hybridized carbons (Fsp3) is 0.500.